The van der Waals surface area contributed by atoms with Gasteiger partial charge >= 0.3 is 0 Å². The van der Waals surface area contributed by atoms with Crippen molar-refractivity contribution in [3.8, 4) is 17.6 Å². The van der Waals surface area contributed by atoms with Gasteiger partial charge in [0.15, 0.2) is 18.1 Å². The van der Waals surface area contributed by atoms with Crippen LogP contribution in [0, 0.1) is 11.3 Å². The quantitative estimate of drug-likeness (QED) is 0.747. The van der Waals surface area contributed by atoms with Crippen molar-refractivity contribution in [3.05, 3.63) is 23.8 Å². The van der Waals surface area contributed by atoms with Crippen LogP contribution in [-0.2, 0) is 9.59 Å². The van der Waals surface area contributed by atoms with E-state index < -0.39 is 5.91 Å². The molecule has 0 radical (unpaired) electrons. The van der Waals surface area contributed by atoms with Crippen LogP contribution in [0.3, 0.4) is 0 Å². The first kappa shape index (κ1) is 16.3. The van der Waals surface area contributed by atoms with E-state index in [4.69, 9.17) is 14.7 Å². The van der Waals surface area contributed by atoms with Crippen LogP contribution in [0.4, 0.5) is 0 Å². The van der Waals surface area contributed by atoms with E-state index in [-0.39, 0.29) is 19.1 Å². The average Bonchev–Trinajstić information content (AvgIpc) is 2.51. The summed E-state index contributed by atoms with van der Waals surface area (Å²) in [5.41, 5.74) is 0.440. The molecule has 21 heavy (non-hydrogen) atoms. The molecule has 0 unspecified atom stereocenters. The second kappa shape index (κ2) is 8.43. The lowest BCUT2D eigenvalue weighted by Crippen LogP contribution is -2.37. The molecule has 0 spiro atoms. The summed E-state index contributed by atoms with van der Waals surface area (Å²) < 4.78 is 10.7. The Morgan fingerprint density at radius 2 is 2.00 bits per heavy atom. The lowest BCUT2D eigenvalue weighted by Gasteiger charge is -2.12. The molecule has 2 N–H and O–H groups in total. The molecule has 0 aliphatic rings. The highest BCUT2D eigenvalue weighted by atomic mass is 16.5. The fourth-order valence-electron chi connectivity index (χ4n) is 1.43. The minimum Gasteiger partial charge on any atom is -0.490 e. The van der Waals surface area contributed by atoms with E-state index in [1.165, 1.54) is 7.05 Å². The Bertz CT molecular complexity index is 552. The summed E-state index contributed by atoms with van der Waals surface area (Å²) in [5.74, 6) is 0.0451. The highest BCUT2D eigenvalue weighted by Crippen LogP contribution is 2.28. The molecule has 7 heteroatoms. The van der Waals surface area contributed by atoms with Gasteiger partial charge in [-0.25, -0.2) is 0 Å². The number of nitrogens with zero attached hydrogens (tertiary/aromatic N) is 1. The first-order valence-corrected chi connectivity index (χ1v) is 6.37. The molecule has 0 aliphatic heterocycles. The van der Waals surface area contributed by atoms with Crippen molar-refractivity contribution in [1.82, 2.24) is 10.6 Å². The molecule has 0 saturated heterocycles. The molecule has 7 nitrogen and oxygen atoms in total. The molecular formula is C14H17N3O4. The van der Waals surface area contributed by atoms with Gasteiger partial charge in [-0.2, -0.15) is 5.26 Å². The summed E-state index contributed by atoms with van der Waals surface area (Å²) in [6, 6.07) is 6.68. The van der Waals surface area contributed by atoms with Gasteiger partial charge in [0.05, 0.1) is 24.8 Å². The predicted molar refractivity (Wildman–Crippen MR) is 74.9 cm³/mol. The fourth-order valence-corrected chi connectivity index (χ4v) is 1.43. The number of nitriles is 1. The fraction of sp³-hybridized carbons (Fsp3) is 0.357. The third kappa shape index (κ3) is 5.40. The van der Waals surface area contributed by atoms with E-state index in [0.29, 0.717) is 23.7 Å². The zero-order valence-electron chi connectivity index (χ0n) is 11.9. The molecule has 0 saturated carbocycles. The smallest absolute Gasteiger partial charge is 0.258 e. The third-order valence-corrected chi connectivity index (χ3v) is 2.46. The normalized spacial score (nSPS) is 9.38. The van der Waals surface area contributed by atoms with E-state index in [9.17, 15) is 9.59 Å². The Hall–Kier alpha value is -2.75. The molecule has 112 valence electrons. The van der Waals surface area contributed by atoms with Gasteiger partial charge < -0.3 is 20.1 Å². The maximum atomic E-state index is 11.5. The number of likely N-dealkylation sites (N-methyl/N-ethyl adjacent to an activating group) is 1. The summed E-state index contributed by atoms with van der Waals surface area (Å²) in [4.78, 5) is 22.5. The molecule has 2 amide bonds. The second-order valence-corrected chi connectivity index (χ2v) is 3.94. The van der Waals surface area contributed by atoms with Gasteiger partial charge in [-0.15, -0.1) is 0 Å². The van der Waals surface area contributed by atoms with E-state index in [2.05, 4.69) is 10.6 Å². The maximum Gasteiger partial charge on any atom is 0.258 e. The second-order valence-electron chi connectivity index (χ2n) is 3.94. The standard InChI is InChI=1S/C14H17N3O4/c1-3-20-12-6-10(7-15)4-5-11(12)21-9-14(19)17-8-13(18)16-2/h4-6H,3,8-9H2,1-2H3,(H,16,18)(H,17,19). The van der Waals surface area contributed by atoms with Gasteiger partial charge in [-0.05, 0) is 19.1 Å². The van der Waals surface area contributed by atoms with Crippen LogP contribution < -0.4 is 20.1 Å². The van der Waals surface area contributed by atoms with Crippen LogP contribution in [0.1, 0.15) is 12.5 Å². The SMILES string of the molecule is CCOc1cc(C#N)ccc1OCC(=O)NCC(=O)NC. The lowest BCUT2D eigenvalue weighted by atomic mass is 10.2. The number of benzene rings is 1. The topological polar surface area (TPSA) is 100 Å². The minimum atomic E-state index is -0.426. The molecule has 1 aromatic rings. The summed E-state index contributed by atoms with van der Waals surface area (Å²) in [5, 5.41) is 13.6. The van der Waals surface area contributed by atoms with Crippen LogP contribution >= 0.6 is 0 Å². The van der Waals surface area contributed by atoms with Gasteiger partial charge in [0.2, 0.25) is 5.91 Å². The van der Waals surface area contributed by atoms with Crippen LogP contribution in [0.25, 0.3) is 0 Å². The van der Waals surface area contributed by atoms with E-state index in [1.54, 1.807) is 25.1 Å². The molecular weight excluding hydrogens is 274 g/mol. The number of rotatable bonds is 7. The van der Waals surface area contributed by atoms with Gasteiger partial charge in [0.25, 0.3) is 5.91 Å². The van der Waals surface area contributed by atoms with Gasteiger partial charge in [-0.3, -0.25) is 9.59 Å². The number of amides is 2. The first-order chi connectivity index (χ1) is 10.1. The number of nitrogens with one attached hydrogen (secondary N) is 2. The Balaban J connectivity index is 2.60. The van der Waals surface area contributed by atoms with E-state index >= 15 is 0 Å². The number of ether oxygens (including phenoxy) is 2. The Labute approximate surface area is 122 Å². The van der Waals surface area contributed by atoms with Gasteiger partial charge in [0.1, 0.15) is 0 Å². The molecule has 1 aromatic carbocycles. The van der Waals surface area contributed by atoms with Crippen LogP contribution in [0.2, 0.25) is 0 Å². The van der Waals surface area contributed by atoms with Crippen LogP contribution in [-0.4, -0.2) is 38.6 Å². The Morgan fingerprint density at radius 1 is 1.24 bits per heavy atom. The molecule has 0 aliphatic carbocycles. The first-order valence-electron chi connectivity index (χ1n) is 6.37. The lowest BCUT2D eigenvalue weighted by molar-refractivity contribution is -0.127. The minimum absolute atomic E-state index is 0.107. The van der Waals surface area contributed by atoms with E-state index in [0.717, 1.165) is 0 Å². The van der Waals surface area contributed by atoms with Crippen molar-refractivity contribution in [3.63, 3.8) is 0 Å². The largest absolute Gasteiger partial charge is 0.490 e. The van der Waals surface area contributed by atoms with Crippen LogP contribution in [0.5, 0.6) is 11.5 Å². The van der Waals surface area contributed by atoms with Crippen molar-refractivity contribution in [1.29, 1.82) is 5.26 Å². The number of hydrogen-bond donors (Lipinski definition) is 2. The van der Waals surface area contributed by atoms with Crippen molar-refractivity contribution < 1.29 is 19.1 Å². The Kier molecular flexibility index (Phi) is 6.54. The average molecular weight is 291 g/mol. The monoisotopic (exact) mass is 291 g/mol. The number of carbonyl (C=O) groups excluding carboxylic acids is 2. The molecule has 0 atom stereocenters. The number of carbonyl (C=O) groups is 2. The third-order valence-electron chi connectivity index (χ3n) is 2.46. The highest BCUT2D eigenvalue weighted by molar-refractivity contribution is 5.85. The summed E-state index contributed by atoms with van der Waals surface area (Å²) in [6.45, 7) is 1.86. The Morgan fingerprint density at radius 3 is 2.62 bits per heavy atom. The van der Waals surface area contributed by atoms with Crippen molar-refractivity contribution in [2.45, 2.75) is 6.92 Å². The van der Waals surface area contributed by atoms with Crippen molar-refractivity contribution >= 4 is 11.8 Å². The molecule has 0 heterocycles. The zero-order valence-corrected chi connectivity index (χ0v) is 11.9. The van der Waals surface area contributed by atoms with Crippen molar-refractivity contribution in [2.24, 2.45) is 0 Å². The molecule has 0 fully saturated rings. The maximum absolute atomic E-state index is 11.5. The summed E-state index contributed by atoms with van der Waals surface area (Å²) in [6.07, 6.45) is 0. The summed E-state index contributed by atoms with van der Waals surface area (Å²) >= 11 is 0. The van der Waals surface area contributed by atoms with Gasteiger partial charge in [-0.1, -0.05) is 0 Å². The number of hydrogen-bond acceptors (Lipinski definition) is 5. The molecule has 1 rings (SSSR count). The predicted octanol–water partition coefficient (Wildman–Crippen LogP) is 0.198. The highest BCUT2D eigenvalue weighted by Gasteiger charge is 2.09. The van der Waals surface area contributed by atoms with Crippen molar-refractivity contribution in [2.75, 3.05) is 26.8 Å². The van der Waals surface area contributed by atoms with Gasteiger partial charge in [0, 0.05) is 13.1 Å². The molecule has 0 aromatic heterocycles. The molecule has 0 bridgehead atoms. The van der Waals surface area contributed by atoms with Crippen LogP contribution in [0.15, 0.2) is 18.2 Å². The summed E-state index contributed by atoms with van der Waals surface area (Å²) in [7, 11) is 1.48. The zero-order chi connectivity index (χ0) is 15.7. The van der Waals surface area contributed by atoms with E-state index in [1.807, 2.05) is 6.07 Å².